The molecule has 1 fully saturated rings. The van der Waals surface area contributed by atoms with Gasteiger partial charge in [0.05, 0.1) is 0 Å². The van der Waals surface area contributed by atoms with Crippen LogP contribution in [0.4, 0.5) is 0 Å². The lowest BCUT2D eigenvalue weighted by atomic mass is 9.78. The second-order valence-corrected chi connectivity index (χ2v) is 7.12. The molecule has 0 saturated heterocycles. The minimum atomic E-state index is 0.253. The van der Waals surface area contributed by atoms with Crippen LogP contribution < -0.4 is 5.32 Å². The van der Waals surface area contributed by atoms with Crippen molar-refractivity contribution in [1.29, 1.82) is 0 Å². The van der Waals surface area contributed by atoms with Crippen LogP contribution in [0.5, 0.6) is 0 Å². The highest BCUT2D eigenvalue weighted by Crippen LogP contribution is 2.41. The van der Waals surface area contributed by atoms with Crippen LogP contribution in [-0.4, -0.2) is 13.1 Å². The second-order valence-electron chi connectivity index (χ2n) is 7.12. The minimum Gasteiger partial charge on any atom is -0.317 e. The zero-order valence-corrected chi connectivity index (χ0v) is 12.5. The fourth-order valence-corrected chi connectivity index (χ4v) is 3.12. The van der Waals surface area contributed by atoms with Gasteiger partial charge in [0.1, 0.15) is 0 Å². The second kappa shape index (κ2) is 4.70. The van der Waals surface area contributed by atoms with E-state index in [-0.39, 0.29) is 5.41 Å². The van der Waals surface area contributed by atoms with Gasteiger partial charge in [0, 0.05) is 6.04 Å². The molecule has 0 radical (unpaired) electrons. The molecule has 2 rings (SSSR count). The van der Waals surface area contributed by atoms with E-state index >= 15 is 0 Å². The van der Waals surface area contributed by atoms with E-state index in [0.717, 1.165) is 0 Å². The topological polar surface area (TPSA) is 12.0 Å². The molecular formula is C17H27N. The smallest absolute Gasteiger partial charge is 0.00727 e. The van der Waals surface area contributed by atoms with E-state index < -0.39 is 0 Å². The lowest BCUT2D eigenvalue weighted by Gasteiger charge is -2.26. The first-order valence-corrected chi connectivity index (χ1v) is 7.13. The highest BCUT2D eigenvalue weighted by atomic mass is 14.9. The molecule has 0 amide bonds. The summed E-state index contributed by atoms with van der Waals surface area (Å²) in [5.41, 5.74) is 3.55. The van der Waals surface area contributed by atoms with Crippen LogP contribution in [0.25, 0.3) is 0 Å². The first kappa shape index (κ1) is 13.6. The van der Waals surface area contributed by atoms with Crippen LogP contribution in [0.3, 0.4) is 0 Å². The molecule has 100 valence electrons. The summed E-state index contributed by atoms with van der Waals surface area (Å²) in [4.78, 5) is 0. The van der Waals surface area contributed by atoms with Gasteiger partial charge in [0.15, 0.2) is 0 Å². The Morgan fingerprint density at radius 3 is 2.22 bits per heavy atom. The van der Waals surface area contributed by atoms with Gasteiger partial charge in [-0.15, -0.1) is 0 Å². The van der Waals surface area contributed by atoms with Gasteiger partial charge in [0.2, 0.25) is 0 Å². The predicted molar refractivity (Wildman–Crippen MR) is 79.2 cm³/mol. The number of nitrogens with one attached hydrogen (secondary N) is 1. The summed E-state index contributed by atoms with van der Waals surface area (Å²) in [6.45, 7) is 9.24. The zero-order valence-electron chi connectivity index (χ0n) is 12.5. The van der Waals surface area contributed by atoms with Crippen molar-refractivity contribution >= 4 is 0 Å². The van der Waals surface area contributed by atoms with Gasteiger partial charge < -0.3 is 5.32 Å². The molecule has 1 heteroatoms. The van der Waals surface area contributed by atoms with Crippen LogP contribution >= 0.6 is 0 Å². The molecule has 2 atom stereocenters. The van der Waals surface area contributed by atoms with Gasteiger partial charge in [-0.1, -0.05) is 52.0 Å². The van der Waals surface area contributed by atoms with Crippen molar-refractivity contribution < 1.29 is 0 Å². The summed E-state index contributed by atoms with van der Waals surface area (Å²) in [7, 11) is 2.08. The first-order chi connectivity index (χ1) is 8.35. The normalized spacial score (nSPS) is 28.6. The maximum absolute atomic E-state index is 3.42. The molecule has 0 aromatic heterocycles. The SMILES string of the molecule is CNC1CCC(C)(c2ccc(C(C)(C)C)cc2)C1. The molecule has 1 N–H and O–H groups in total. The number of hydrogen-bond donors (Lipinski definition) is 1. The Balaban J connectivity index is 2.20. The summed E-state index contributed by atoms with van der Waals surface area (Å²) in [6.07, 6.45) is 3.86. The van der Waals surface area contributed by atoms with Crippen molar-refractivity contribution in [3.8, 4) is 0 Å². The summed E-state index contributed by atoms with van der Waals surface area (Å²) in [6, 6.07) is 10.0. The molecule has 1 nitrogen and oxygen atoms in total. The third-order valence-electron chi connectivity index (χ3n) is 4.60. The molecule has 1 aliphatic rings. The average Bonchev–Trinajstić information content (AvgIpc) is 2.72. The van der Waals surface area contributed by atoms with E-state index in [2.05, 4.69) is 64.3 Å². The van der Waals surface area contributed by atoms with Gasteiger partial charge in [-0.2, -0.15) is 0 Å². The largest absolute Gasteiger partial charge is 0.317 e. The van der Waals surface area contributed by atoms with Crippen LogP contribution in [0.15, 0.2) is 24.3 Å². The fourth-order valence-electron chi connectivity index (χ4n) is 3.12. The van der Waals surface area contributed by atoms with E-state index in [1.54, 1.807) is 0 Å². The van der Waals surface area contributed by atoms with Crippen LogP contribution in [0.2, 0.25) is 0 Å². The Morgan fingerprint density at radius 1 is 1.17 bits per heavy atom. The minimum absolute atomic E-state index is 0.253. The lowest BCUT2D eigenvalue weighted by molar-refractivity contribution is 0.466. The molecule has 1 aromatic carbocycles. The summed E-state index contributed by atoms with van der Waals surface area (Å²) < 4.78 is 0. The quantitative estimate of drug-likeness (QED) is 0.830. The number of hydrogen-bond acceptors (Lipinski definition) is 1. The summed E-state index contributed by atoms with van der Waals surface area (Å²) in [5, 5.41) is 3.42. The first-order valence-electron chi connectivity index (χ1n) is 7.13. The van der Waals surface area contributed by atoms with Gasteiger partial charge >= 0.3 is 0 Å². The Bertz CT molecular complexity index is 399. The standard InChI is InChI=1S/C17H27N/c1-16(2,3)13-6-8-14(9-7-13)17(4)11-10-15(12-17)18-5/h6-9,15,18H,10-12H2,1-5H3. The van der Waals surface area contributed by atoms with E-state index in [0.29, 0.717) is 11.5 Å². The third kappa shape index (κ3) is 2.61. The van der Waals surface area contributed by atoms with E-state index in [1.807, 2.05) is 0 Å². The van der Waals surface area contributed by atoms with Crippen LogP contribution in [-0.2, 0) is 10.8 Å². The zero-order chi connectivity index (χ0) is 13.4. The van der Waals surface area contributed by atoms with Crippen LogP contribution in [0, 0.1) is 0 Å². The maximum Gasteiger partial charge on any atom is 0.00727 e. The molecular weight excluding hydrogens is 218 g/mol. The third-order valence-corrected chi connectivity index (χ3v) is 4.60. The molecule has 0 spiro atoms. The summed E-state index contributed by atoms with van der Waals surface area (Å²) >= 11 is 0. The van der Waals surface area contributed by atoms with Crippen molar-refractivity contribution in [2.24, 2.45) is 0 Å². The van der Waals surface area contributed by atoms with E-state index in [4.69, 9.17) is 0 Å². The molecule has 1 saturated carbocycles. The molecule has 0 aliphatic heterocycles. The molecule has 18 heavy (non-hydrogen) atoms. The van der Waals surface area contributed by atoms with E-state index in [1.165, 1.54) is 30.4 Å². The number of rotatable bonds is 2. The highest BCUT2D eigenvalue weighted by Gasteiger charge is 2.35. The van der Waals surface area contributed by atoms with Crippen molar-refractivity contribution in [3.05, 3.63) is 35.4 Å². The number of benzene rings is 1. The Morgan fingerprint density at radius 2 is 1.78 bits per heavy atom. The molecule has 0 bridgehead atoms. The summed E-state index contributed by atoms with van der Waals surface area (Å²) in [5.74, 6) is 0. The van der Waals surface area contributed by atoms with Gasteiger partial charge in [-0.3, -0.25) is 0 Å². The molecule has 1 aromatic rings. The van der Waals surface area contributed by atoms with Crippen molar-refractivity contribution in [3.63, 3.8) is 0 Å². The van der Waals surface area contributed by atoms with Gasteiger partial charge in [-0.25, -0.2) is 0 Å². The van der Waals surface area contributed by atoms with Crippen molar-refractivity contribution in [2.45, 2.75) is 63.8 Å². The average molecular weight is 245 g/mol. The molecule has 1 aliphatic carbocycles. The Kier molecular flexibility index (Phi) is 3.55. The maximum atomic E-state index is 3.42. The molecule has 0 heterocycles. The van der Waals surface area contributed by atoms with Crippen molar-refractivity contribution in [2.75, 3.05) is 7.05 Å². The van der Waals surface area contributed by atoms with Gasteiger partial charge in [0.25, 0.3) is 0 Å². The Labute approximate surface area is 112 Å². The predicted octanol–water partition coefficient (Wildman–Crippen LogP) is 4.01. The Hall–Kier alpha value is -0.820. The van der Waals surface area contributed by atoms with Crippen LogP contribution in [0.1, 0.15) is 58.1 Å². The fraction of sp³-hybridized carbons (Fsp3) is 0.647. The molecule has 2 unspecified atom stereocenters. The van der Waals surface area contributed by atoms with Gasteiger partial charge in [-0.05, 0) is 48.3 Å². The van der Waals surface area contributed by atoms with E-state index in [9.17, 15) is 0 Å². The highest BCUT2D eigenvalue weighted by molar-refractivity contribution is 5.33. The van der Waals surface area contributed by atoms with Crippen molar-refractivity contribution in [1.82, 2.24) is 5.32 Å². The monoisotopic (exact) mass is 245 g/mol. The lowest BCUT2D eigenvalue weighted by Crippen LogP contribution is -2.25.